The minimum absolute atomic E-state index is 1.26. The van der Waals surface area contributed by atoms with E-state index < -0.39 is 0 Å². The van der Waals surface area contributed by atoms with Crippen LogP contribution in [0.25, 0.3) is 11.1 Å². The van der Waals surface area contributed by atoms with Gasteiger partial charge in [-0.05, 0) is 29.5 Å². The SMILES string of the molecule is Cc1ccc(-c2c[c]sc2)cc1. The molecule has 1 aromatic carbocycles. The maximum Gasteiger partial charge on any atom is 0.0449 e. The van der Waals surface area contributed by atoms with Crippen LogP contribution in [-0.4, -0.2) is 0 Å². The molecule has 0 aliphatic carbocycles. The van der Waals surface area contributed by atoms with Crippen molar-refractivity contribution >= 4 is 11.3 Å². The Labute approximate surface area is 76.5 Å². The molecule has 0 aliphatic heterocycles. The second kappa shape index (κ2) is 3.11. The standard InChI is InChI=1S/C11H9S/c1-9-2-4-10(5-3-9)11-6-7-12-8-11/h2-6,8H,1H3. The summed E-state index contributed by atoms with van der Waals surface area (Å²) in [5, 5.41) is 5.20. The van der Waals surface area contributed by atoms with Crippen LogP contribution in [0.3, 0.4) is 0 Å². The zero-order valence-electron chi connectivity index (χ0n) is 6.87. The summed E-state index contributed by atoms with van der Waals surface area (Å²) < 4.78 is 0. The predicted molar refractivity (Wildman–Crippen MR) is 53.3 cm³/mol. The van der Waals surface area contributed by atoms with Gasteiger partial charge in [-0.3, -0.25) is 0 Å². The molecule has 0 saturated carbocycles. The van der Waals surface area contributed by atoms with E-state index in [9.17, 15) is 0 Å². The van der Waals surface area contributed by atoms with Crippen LogP contribution < -0.4 is 0 Å². The van der Waals surface area contributed by atoms with Crippen molar-refractivity contribution in [1.29, 1.82) is 0 Å². The first-order chi connectivity index (χ1) is 5.86. The molecule has 1 heterocycles. The molecule has 1 heteroatoms. The Morgan fingerprint density at radius 1 is 1.08 bits per heavy atom. The lowest BCUT2D eigenvalue weighted by atomic mass is 10.1. The number of rotatable bonds is 1. The fourth-order valence-electron chi connectivity index (χ4n) is 1.13. The normalized spacial score (nSPS) is 10.1. The van der Waals surface area contributed by atoms with Gasteiger partial charge in [-0.15, -0.1) is 11.3 Å². The van der Waals surface area contributed by atoms with Gasteiger partial charge in [0.15, 0.2) is 0 Å². The van der Waals surface area contributed by atoms with Gasteiger partial charge in [0.25, 0.3) is 0 Å². The lowest BCUT2D eigenvalue weighted by Gasteiger charge is -1.97. The van der Waals surface area contributed by atoms with E-state index in [4.69, 9.17) is 0 Å². The Hall–Kier alpha value is -1.08. The van der Waals surface area contributed by atoms with Crippen LogP contribution in [0.1, 0.15) is 5.56 Å². The molecule has 0 atom stereocenters. The molecule has 0 spiro atoms. The first kappa shape index (κ1) is 7.56. The van der Waals surface area contributed by atoms with Gasteiger partial charge in [0, 0.05) is 5.38 Å². The highest BCUT2D eigenvalue weighted by Gasteiger charge is 1.95. The molecule has 2 rings (SSSR count). The van der Waals surface area contributed by atoms with Crippen LogP contribution in [0.4, 0.5) is 0 Å². The first-order valence-corrected chi connectivity index (χ1v) is 4.76. The third-order valence-corrected chi connectivity index (χ3v) is 2.48. The van der Waals surface area contributed by atoms with E-state index >= 15 is 0 Å². The smallest absolute Gasteiger partial charge is 0.0449 e. The Bertz CT molecular complexity index is 343. The lowest BCUT2D eigenvalue weighted by Crippen LogP contribution is -1.73. The van der Waals surface area contributed by atoms with E-state index in [1.165, 1.54) is 16.7 Å². The Morgan fingerprint density at radius 3 is 2.42 bits per heavy atom. The van der Waals surface area contributed by atoms with E-state index in [-0.39, 0.29) is 0 Å². The van der Waals surface area contributed by atoms with Gasteiger partial charge < -0.3 is 0 Å². The fourth-order valence-corrected chi connectivity index (χ4v) is 1.72. The summed E-state index contributed by atoms with van der Waals surface area (Å²) in [6, 6.07) is 10.6. The van der Waals surface area contributed by atoms with Crippen molar-refractivity contribution in [2.24, 2.45) is 0 Å². The minimum atomic E-state index is 1.26. The number of benzene rings is 1. The largest absolute Gasteiger partial charge is 0.142 e. The van der Waals surface area contributed by atoms with Crippen molar-refractivity contribution in [3.8, 4) is 11.1 Å². The number of aryl methyl sites for hydroxylation is 1. The zero-order valence-corrected chi connectivity index (χ0v) is 7.69. The van der Waals surface area contributed by atoms with Crippen LogP contribution in [-0.2, 0) is 0 Å². The third-order valence-electron chi connectivity index (χ3n) is 1.85. The Balaban J connectivity index is 2.43. The molecule has 0 nitrogen and oxygen atoms in total. The van der Waals surface area contributed by atoms with Crippen LogP contribution in [0.2, 0.25) is 0 Å². The van der Waals surface area contributed by atoms with Crippen LogP contribution in [0.15, 0.2) is 35.7 Å². The van der Waals surface area contributed by atoms with Crippen LogP contribution >= 0.6 is 11.3 Å². The molecule has 1 radical (unpaired) electrons. The van der Waals surface area contributed by atoms with Gasteiger partial charge in [0.05, 0.1) is 0 Å². The van der Waals surface area contributed by atoms with Gasteiger partial charge in [-0.25, -0.2) is 0 Å². The number of thiophene rings is 1. The molecule has 1 aromatic heterocycles. The predicted octanol–water partition coefficient (Wildman–Crippen LogP) is 3.52. The van der Waals surface area contributed by atoms with Gasteiger partial charge in [-0.2, -0.15) is 0 Å². The van der Waals surface area contributed by atoms with E-state index in [2.05, 4.69) is 41.9 Å². The second-order valence-corrected chi connectivity index (χ2v) is 3.53. The first-order valence-electron chi connectivity index (χ1n) is 3.88. The summed E-state index contributed by atoms with van der Waals surface area (Å²) in [7, 11) is 0. The fraction of sp³-hybridized carbons (Fsp3) is 0.0909. The summed E-state index contributed by atoms with van der Waals surface area (Å²) in [4.78, 5) is 0. The third kappa shape index (κ3) is 1.41. The van der Waals surface area contributed by atoms with E-state index in [0.717, 1.165) is 0 Å². The highest BCUT2D eigenvalue weighted by Crippen LogP contribution is 2.21. The minimum Gasteiger partial charge on any atom is -0.142 e. The average molecular weight is 173 g/mol. The van der Waals surface area contributed by atoms with E-state index in [1.807, 2.05) is 6.07 Å². The van der Waals surface area contributed by atoms with E-state index in [1.54, 1.807) is 11.3 Å². The van der Waals surface area contributed by atoms with E-state index in [0.29, 0.717) is 0 Å². The average Bonchev–Trinajstić information content (AvgIpc) is 2.58. The molecule has 0 saturated heterocycles. The molecule has 59 valence electrons. The molecular weight excluding hydrogens is 164 g/mol. The van der Waals surface area contributed by atoms with Crippen LogP contribution in [0, 0.1) is 12.3 Å². The van der Waals surface area contributed by atoms with Crippen molar-refractivity contribution in [1.82, 2.24) is 0 Å². The van der Waals surface area contributed by atoms with Gasteiger partial charge in [0.2, 0.25) is 0 Å². The van der Waals surface area contributed by atoms with Gasteiger partial charge >= 0.3 is 0 Å². The zero-order chi connectivity index (χ0) is 8.39. The number of hydrogen-bond acceptors (Lipinski definition) is 1. The molecule has 0 amide bonds. The molecule has 0 bridgehead atoms. The Kier molecular flexibility index (Phi) is 1.96. The highest BCUT2D eigenvalue weighted by molar-refractivity contribution is 7.07. The second-order valence-electron chi connectivity index (χ2n) is 2.82. The molecule has 0 unspecified atom stereocenters. The summed E-state index contributed by atoms with van der Waals surface area (Å²) >= 11 is 1.61. The topological polar surface area (TPSA) is 0 Å². The Morgan fingerprint density at radius 2 is 1.83 bits per heavy atom. The maximum absolute atomic E-state index is 3.08. The monoisotopic (exact) mass is 173 g/mol. The molecule has 12 heavy (non-hydrogen) atoms. The molecule has 0 aliphatic rings. The molecule has 0 fully saturated rings. The van der Waals surface area contributed by atoms with Gasteiger partial charge in [-0.1, -0.05) is 29.8 Å². The van der Waals surface area contributed by atoms with Crippen molar-refractivity contribution in [3.63, 3.8) is 0 Å². The van der Waals surface area contributed by atoms with Crippen molar-refractivity contribution in [3.05, 3.63) is 46.7 Å². The maximum atomic E-state index is 3.08. The van der Waals surface area contributed by atoms with Crippen molar-refractivity contribution < 1.29 is 0 Å². The summed E-state index contributed by atoms with van der Waals surface area (Å²) in [6.07, 6.45) is 0. The lowest BCUT2D eigenvalue weighted by molar-refractivity contribution is 1.47. The van der Waals surface area contributed by atoms with Gasteiger partial charge in [0.1, 0.15) is 0 Å². The van der Waals surface area contributed by atoms with Crippen molar-refractivity contribution in [2.75, 3.05) is 0 Å². The highest BCUT2D eigenvalue weighted by atomic mass is 32.1. The molecule has 0 N–H and O–H groups in total. The quantitative estimate of drug-likeness (QED) is 0.619. The molecule has 2 aromatic rings. The summed E-state index contributed by atoms with van der Waals surface area (Å²) in [5.74, 6) is 0. The molecular formula is C11H9S. The number of hydrogen-bond donors (Lipinski definition) is 0. The van der Waals surface area contributed by atoms with Crippen molar-refractivity contribution in [2.45, 2.75) is 6.92 Å². The summed E-state index contributed by atoms with van der Waals surface area (Å²) in [5.41, 5.74) is 3.84. The summed E-state index contributed by atoms with van der Waals surface area (Å²) in [6.45, 7) is 2.10. The van der Waals surface area contributed by atoms with Crippen LogP contribution in [0.5, 0.6) is 0 Å².